The minimum absolute atomic E-state index is 0.277. The van der Waals surface area contributed by atoms with E-state index < -0.39 is 0 Å². The van der Waals surface area contributed by atoms with Crippen LogP contribution in [0.3, 0.4) is 0 Å². The molecule has 2 nitrogen and oxygen atoms in total. The highest BCUT2D eigenvalue weighted by molar-refractivity contribution is 5.55. The summed E-state index contributed by atoms with van der Waals surface area (Å²) in [5.41, 5.74) is 2.38. The molecule has 2 rings (SSSR count). The van der Waals surface area contributed by atoms with Crippen LogP contribution >= 0.6 is 0 Å². The van der Waals surface area contributed by atoms with Crippen LogP contribution in [0, 0.1) is 0 Å². The standard InChI is InChI=1S/C18H29NO/c1-2-3-4-5-6-9-14-19-15-10-13-18(20)16-11-7-8-12-17(16)19/h7-8,11-12,18,20H,2-6,9-10,13-15H2,1H3. The van der Waals surface area contributed by atoms with Crippen molar-refractivity contribution >= 4 is 5.69 Å². The van der Waals surface area contributed by atoms with Gasteiger partial charge in [-0.05, 0) is 25.3 Å². The molecule has 0 amide bonds. The lowest BCUT2D eigenvalue weighted by atomic mass is 10.0. The van der Waals surface area contributed by atoms with Gasteiger partial charge in [0.2, 0.25) is 0 Å². The van der Waals surface area contributed by atoms with E-state index in [9.17, 15) is 5.11 Å². The van der Waals surface area contributed by atoms with Crippen molar-refractivity contribution in [1.82, 2.24) is 0 Å². The van der Waals surface area contributed by atoms with E-state index in [2.05, 4.69) is 30.0 Å². The van der Waals surface area contributed by atoms with Crippen LogP contribution in [0.1, 0.15) is 70.0 Å². The fraction of sp³-hybridized carbons (Fsp3) is 0.667. The smallest absolute Gasteiger partial charge is 0.0810 e. The third-order valence-corrected chi connectivity index (χ3v) is 4.32. The van der Waals surface area contributed by atoms with E-state index in [0.29, 0.717) is 0 Å². The SMILES string of the molecule is CCCCCCCCN1CCCC(O)c2ccccc21. The Morgan fingerprint density at radius 2 is 1.85 bits per heavy atom. The van der Waals surface area contributed by atoms with Gasteiger partial charge in [0.05, 0.1) is 6.10 Å². The Morgan fingerprint density at radius 1 is 1.10 bits per heavy atom. The minimum atomic E-state index is -0.277. The third-order valence-electron chi connectivity index (χ3n) is 4.32. The molecule has 20 heavy (non-hydrogen) atoms. The molecular formula is C18H29NO. The number of hydrogen-bond acceptors (Lipinski definition) is 2. The molecule has 0 aliphatic carbocycles. The zero-order valence-electron chi connectivity index (χ0n) is 12.9. The molecule has 112 valence electrons. The van der Waals surface area contributed by atoms with E-state index in [1.165, 1.54) is 44.2 Å². The minimum Gasteiger partial charge on any atom is -0.388 e. The summed E-state index contributed by atoms with van der Waals surface area (Å²) in [5, 5.41) is 10.2. The molecular weight excluding hydrogens is 246 g/mol. The van der Waals surface area contributed by atoms with Gasteiger partial charge in [0.25, 0.3) is 0 Å². The van der Waals surface area contributed by atoms with E-state index in [1.54, 1.807) is 0 Å². The van der Waals surface area contributed by atoms with Crippen molar-refractivity contribution < 1.29 is 5.11 Å². The van der Waals surface area contributed by atoms with Gasteiger partial charge in [0.1, 0.15) is 0 Å². The molecule has 0 aromatic heterocycles. The molecule has 2 heteroatoms. The first-order valence-corrected chi connectivity index (χ1v) is 8.35. The van der Waals surface area contributed by atoms with Crippen LogP contribution in [0.2, 0.25) is 0 Å². The van der Waals surface area contributed by atoms with Crippen molar-refractivity contribution in [2.24, 2.45) is 0 Å². The maximum absolute atomic E-state index is 10.2. The number of para-hydroxylation sites is 1. The first-order chi connectivity index (χ1) is 9.83. The lowest BCUT2D eigenvalue weighted by Gasteiger charge is -2.25. The molecule has 1 N–H and O–H groups in total. The summed E-state index contributed by atoms with van der Waals surface area (Å²) >= 11 is 0. The first kappa shape index (κ1) is 15.4. The summed E-state index contributed by atoms with van der Waals surface area (Å²) < 4.78 is 0. The summed E-state index contributed by atoms with van der Waals surface area (Å²) in [5.74, 6) is 0. The largest absolute Gasteiger partial charge is 0.388 e. The van der Waals surface area contributed by atoms with Crippen LogP contribution in [-0.4, -0.2) is 18.2 Å². The highest BCUT2D eigenvalue weighted by Crippen LogP contribution is 2.32. The first-order valence-electron chi connectivity index (χ1n) is 8.35. The topological polar surface area (TPSA) is 23.5 Å². The normalized spacial score (nSPS) is 18.7. The van der Waals surface area contributed by atoms with Crippen molar-refractivity contribution in [1.29, 1.82) is 0 Å². The maximum atomic E-state index is 10.2. The molecule has 1 unspecified atom stereocenters. The lowest BCUT2D eigenvalue weighted by Crippen LogP contribution is -2.25. The van der Waals surface area contributed by atoms with Crippen molar-refractivity contribution in [3.8, 4) is 0 Å². The van der Waals surface area contributed by atoms with E-state index in [4.69, 9.17) is 0 Å². The maximum Gasteiger partial charge on any atom is 0.0810 e. The number of rotatable bonds is 7. The van der Waals surface area contributed by atoms with E-state index in [0.717, 1.165) is 31.5 Å². The fourth-order valence-electron chi connectivity index (χ4n) is 3.12. The summed E-state index contributed by atoms with van der Waals surface area (Å²) in [6, 6.07) is 8.38. The Bertz CT molecular complexity index is 391. The molecule has 0 bridgehead atoms. The van der Waals surface area contributed by atoms with Crippen molar-refractivity contribution in [3.05, 3.63) is 29.8 Å². The molecule has 0 saturated carbocycles. The lowest BCUT2D eigenvalue weighted by molar-refractivity contribution is 0.168. The zero-order valence-corrected chi connectivity index (χ0v) is 12.9. The van der Waals surface area contributed by atoms with Crippen molar-refractivity contribution in [2.45, 2.75) is 64.4 Å². The number of unbranched alkanes of at least 4 members (excludes halogenated alkanes) is 5. The molecule has 0 fully saturated rings. The van der Waals surface area contributed by atoms with Gasteiger partial charge in [-0.1, -0.05) is 57.2 Å². The summed E-state index contributed by atoms with van der Waals surface area (Å²) in [6.07, 6.45) is 9.75. The Kier molecular flexibility index (Phi) is 6.38. The highest BCUT2D eigenvalue weighted by Gasteiger charge is 2.20. The van der Waals surface area contributed by atoms with Crippen LogP contribution in [-0.2, 0) is 0 Å². The average Bonchev–Trinajstić information content (AvgIpc) is 2.63. The molecule has 0 spiro atoms. The second-order valence-corrected chi connectivity index (χ2v) is 5.97. The zero-order chi connectivity index (χ0) is 14.2. The molecule has 1 heterocycles. The van der Waals surface area contributed by atoms with Gasteiger partial charge in [-0.25, -0.2) is 0 Å². The van der Waals surface area contributed by atoms with Crippen LogP contribution in [0.25, 0.3) is 0 Å². The second kappa shape index (κ2) is 8.31. The molecule has 1 aliphatic rings. The molecule has 0 radical (unpaired) electrons. The van der Waals surface area contributed by atoms with E-state index in [-0.39, 0.29) is 6.10 Å². The van der Waals surface area contributed by atoms with Gasteiger partial charge in [-0.2, -0.15) is 0 Å². The van der Waals surface area contributed by atoms with Crippen LogP contribution in [0.4, 0.5) is 5.69 Å². The van der Waals surface area contributed by atoms with Crippen LogP contribution in [0.5, 0.6) is 0 Å². The Balaban J connectivity index is 1.86. The van der Waals surface area contributed by atoms with E-state index in [1.807, 2.05) is 6.07 Å². The Hall–Kier alpha value is -1.02. The molecule has 1 atom stereocenters. The van der Waals surface area contributed by atoms with Gasteiger partial charge in [0.15, 0.2) is 0 Å². The van der Waals surface area contributed by atoms with Gasteiger partial charge in [0, 0.05) is 24.3 Å². The fourth-order valence-corrected chi connectivity index (χ4v) is 3.12. The van der Waals surface area contributed by atoms with Gasteiger partial charge < -0.3 is 10.0 Å². The molecule has 1 aliphatic heterocycles. The number of aliphatic hydroxyl groups excluding tert-OH is 1. The predicted octanol–water partition coefficient (Wildman–Crippen LogP) is 4.68. The van der Waals surface area contributed by atoms with Crippen molar-refractivity contribution in [2.75, 3.05) is 18.0 Å². The quantitative estimate of drug-likeness (QED) is 0.730. The highest BCUT2D eigenvalue weighted by atomic mass is 16.3. The Morgan fingerprint density at radius 3 is 2.70 bits per heavy atom. The summed E-state index contributed by atoms with van der Waals surface area (Å²) in [7, 11) is 0. The van der Waals surface area contributed by atoms with Gasteiger partial charge in [-0.3, -0.25) is 0 Å². The molecule has 1 aromatic carbocycles. The Labute approximate surface area is 123 Å². The number of benzene rings is 1. The number of fused-ring (bicyclic) bond motifs is 1. The van der Waals surface area contributed by atoms with Crippen LogP contribution in [0.15, 0.2) is 24.3 Å². The molecule has 1 aromatic rings. The number of hydrogen-bond donors (Lipinski definition) is 1. The average molecular weight is 275 g/mol. The van der Waals surface area contributed by atoms with E-state index >= 15 is 0 Å². The number of anilines is 1. The van der Waals surface area contributed by atoms with Gasteiger partial charge >= 0.3 is 0 Å². The number of nitrogens with zero attached hydrogens (tertiary/aromatic N) is 1. The summed E-state index contributed by atoms with van der Waals surface area (Å²) in [6.45, 7) is 4.48. The number of aliphatic hydroxyl groups is 1. The van der Waals surface area contributed by atoms with Gasteiger partial charge in [-0.15, -0.1) is 0 Å². The summed E-state index contributed by atoms with van der Waals surface area (Å²) in [4.78, 5) is 2.48. The van der Waals surface area contributed by atoms with Crippen LogP contribution < -0.4 is 4.90 Å². The monoisotopic (exact) mass is 275 g/mol. The van der Waals surface area contributed by atoms with Crippen molar-refractivity contribution in [3.63, 3.8) is 0 Å². The second-order valence-electron chi connectivity index (χ2n) is 5.97. The third kappa shape index (κ3) is 4.24. The predicted molar refractivity (Wildman–Crippen MR) is 86.2 cm³/mol. The molecule has 0 saturated heterocycles.